The molecule has 0 aliphatic rings. The predicted octanol–water partition coefficient (Wildman–Crippen LogP) is 3.17. The van der Waals surface area contributed by atoms with Gasteiger partial charge in [-0.05, 0) is 36.8 Å². The van der Waals surface area contributed by atoms with Crippen LogP contribution in [-0.2, 0) is 0 Å². The van der Waals surface area contributed by atoms with Crippen LogP contribution in [-0.4, -0.2) is 31.7 Å². The maximum atomic E-state index is 12.3. The number of nitrogens with zero attached hydrogens (tertiary/aromatic N) is 1. The average molecular weight is 315 g/mol. The van der Waals surface area contributed by atoms with Gasteiger partial charge in [-0.25, -0.2) is 4.98 Å². The summed E-state index contributed by atoms with van der Waals surface area (Å²) in [5.41, 5.74) is 1.11. The predicted molar refractivity (Wildman–Crippen MR) is 90.5 cm³/mol. The minimum atomic E-state index is -0.234. The van der Waals surface area contributed by atoms with Crippen LogP contribution in [0, 0.1) is 0 Å². The maximum Gasteiger partial charge on any atom is 0.255 e. The quantitative estimate of drug-likeness (QED) is 0.821. The normalized spacial score (nSPS) is 10.0. The van der Waals surface area contributed by atoms with E-state index in [0.717, 1.165) is 18.8 Å². The number of ether oxygens (including phenoxy) is 2. The molecule has 0 aliphatic carbocycles. The highest BCUT2D eigenvalue weighted by atomic mass is 16.5. The zero-order valence-electron chi connectivity index (χ0n) is 13.6. The Balaban J connectivity index is 2.06. The summed E-state index contributed by atoms with van der Waals surface area (Å²) < 4.78 is 10.4. The third kappa shape index (κ3) is 4.35. The van der Waals surface area contributed by atoms with Crippen molar-refractivity contribution < 1.29 is 14.3 Å². The van der Waals surface area contributed by atoms with Gasteiger partial charge in [0.15, 0.2) is 11.5 Å². The van der Waals surface area contributed by atoms with Gasteiger partial charge in [0.2, 0.25) is 0 Å². The van der Waals surface area contributed by atoms with E-state index in [9.17, 15) is 4.79 Å². The van der Waals surface area contributed by atoms with Crippen molar-refractivity contribution in [3.8, 4) is 11.5 Å². The Morgan fingerprint density at radius 3 is 2.52 bits per heavy atom. The van der Waals surface area contributed by atoms with E-state index >= 15 is 0 Å². The topological polar surface area (TPSA) is 72.5 Å². The summed E-state index contributed by atoms with van der Waals surface area (Å²) in [5.74, 6) is 1.65. The fourth-order valence-corrected chi connectivity index (χ4v) is 2.01. The second kappa shape index (κ2) is 8.03. The molecule has 122 valence electrons. The Kier molecular flexibility index (Phi) is 5.80. The van der Waals surface area contributed by atoms with Gasteiger partial charge in [0.05, 0.1) is 26.1 Å². The summed E-state index contributed by atoms with van der Waals surface area (Å²) in [6.45, 7) is 2.95. The van der Waals surface area contributed by atoms with Crippen LogP contribution in [0.2, 0.25) is 0 Å². The minimum Gasteiger partial charge on any atom is -0.493 e. The number of rotatable bonds is 7. The number of hydrogen-bond acceptors (Lipinski definition) is 5. The lowest BCUT2D eigenvalue weighted by Crippen LogP contribution is -2.12. The summed E-state index contributed by atoms with van der Waals surface area (Å²) in [5, 5.41) is 5.98. The van der Waals surface area contributed by atoms with Crippen LogP contribution in [0.4, 0.5) is 11.5 Å². The fourth-order valence-electron chi connectivity index (χ4n) is 2.01. The Hall–Kier alpha value is -2.76. The van der Waals surface area contributed by atoms with Crippen molar-refractivity contribution >= 4 is 17.4 Å². The van der Waals surface area contributed by atoms with Crippen molar-refractivity contribution in [3.63, 3.8) is 0 Å². The molecular formula is C17H21N3O3. The lowest BCUT2D eigenvalue weighted by atomic mass is 10.2. The molecule has 1 aromatic heterocycles. The SMILES string of the molecule is CCCNc1ccc(NC(=O)c2ccc(OC)c(OC)c2)cn1. The molecular weight excluding hydrogens is 294 g/mol. The first-order valence-corrected chi connectivity index (χ1v) is 7.41. The monoisotopic (exact) mass is 315 g/mol. The van der Waals surface area contributed by atoms with Crippen molar-refractivity contribution in [1.82, 2.24) is 4.98 Å². The third-order valence-electron chi connectivity index (χ3n) is 3.22. The van der Waals surface area contributed by atoms with Gasteiger partial charge in [0.1, 0.15) is 5.82 Å². The molecule has 23 heavy (non-hydrogen) atoms. The average Bonchev–Trinajstić information content (AvgIpc) is 2.60. The van der Waals surface area contributed by atoms with Crippen molar-refractivity contribution in [2.75, 3.05) is 31.4 Å². The smallest absolute Gasteiger partial charge is 0.255 e. The van der Waals surface area contributed by atoms with E-state index in [2.05, 4.69) is 22.5 Å². The molecule has 0 aliphatic heterocycles. The van der Waals surface area contributed by atoms with Gasteiger partial charge in [-0.15, -0.1) is 0 Å². The van der Waals surface area contributed by atoms with Crippen LogP contribution in [0.3, 0.4) is 0 Å². The van der Waals surface area contributed by atoms with Gasteiger partial charge >= 0.3 is 0 Å². The van der Waals surface area contributed by atoms with Gasteiger partial charge in [-0.2, -0.15) is 0 Å². The number of carbonyl (C=O) groups is 1. The molecule has 2 rings (SSSR count). The highest BCUT2D eigenvalue weighted by molar-refractivity contribution is 6.04. The Bertz CT molecular complexity index is 657. The number of aromatic nitrogens is 1. The number of anilines is 2. The molecule has 2 aromatic rings. The molecule has 0 atom stereocenters. The minimum absolute atomic E-state index is 0.234. The lowest BCUT2D eigenvalue weighted by molar-refractivity contribution is 0.102. The molecule has 1 amide bonds. The van der Waals surface area contributed by atoms with Crippen LogP contribution >= 0.6 is 0 Å². The van der Waals surface area contributed by atoms with Gasteiger partial charge in [0.25, 0.3) is 5.91 Å². The lowest BCUT2D eigenvalue weighted by Gasteiger charge is -2.10. The van der Waals surface area contributed by atoms with Crippen LogP contribution in [0.25, 0.3) is 0 Å². The van der Waals surface area contributed by atoms with Crippen LogP contribution in [0.15, 0.2) is 36.5 Å². The molecule has 0 bridgehead atoms. The number of nitrogens with one attached hydrogen (secondary N) is 2. The number of carbonyl (C=O) groups excluding carboxylic acids is 1. The number of methoxy groups -OCH3 is 2. The second-order valence-corrected chi connectivity index (χ2v) is 4.88. The largest absolute Gasteiger partial charge is 0.493 e. The highest BCUT2D eigenvalue weighted by Crippen LogP contribution is 2.27. The number of benzene rings is 1. The molecule has 1 aromatic carbocycles. The van der Waals surface area contributed by atoms with Crippen molar-refractivity contribution in [3.05, 3.63) is 42.1 Å². The second-order valence-electron chi connectivity index (χ2n) is 4.88. The molecule has 6 heteroatoms. The van der Waals surface area contributed by atoms with Crippen molar-refractivity contribution in [1.29, 1.82) is 0 Å². The van der Waals surface area contributed by atoms with E-state index in [1.54, 1.807) is 31.5 Å². The van der Waals surface area contributed by atoms with E-state index in [1.165, 1.54) is 7.11 Å². The van der Waals surface area contributed by atoms with Gasteiger partial charge in [0, 0.05) is 12.1 Å². The Labute approximate surface area is 135 Å². The summed E-state index contributed by atoms with van der Waals surface area (Å²) in [6, 6.07) is 8.66. The van der Waals surface area contributed by atoms with Gasteiger partial charge in [-0.3, -0.25) is 4.79 Å². The molecule has 0 radical (unpaired) electrons. The molecule has 1 heterocycles. The molecule has 0 unspecified atom stereocenters. The van der Waals surface area contributed by atoms with E-state index < -0.39 is 0 Å². The highest BCUT2D eigenvalue weighted by Gasteiger charge is 2.11. The number of hydrogen-bond donors (Lipinski definition) is 2. The number of amides is 1. The van der Waals surface area contributed by atoms with E-state index in [4.69, 9.17) is 9.47 Å². The summed E-state index contributed by atoms with van der Waals surface area (Å²) >= 11 is 0. The molecule has 6 nitrogen and oxygen atoms in total. The summed E-state index contributed by atoms with van der Waals surface area (Å²) in [6.07, 6.45) is 2.65. The summed E-state index contributed by atoms with van der Waals surface area (Å²) in [7, 11) is 3.09. The summed E-state index contributed by atoms with van der Waals surface area (Å²) in [4.78, 5) is 16.5. The zero-order valence-corrected chi connectivity index (χ0v) is 13.6. The fraction of sp³-hybridized carbons (Fsp3) is 0.294. The first kappa shape index (κ1) is 16.6. The molecule has 0 saturated carbocycles. The maximum absolute atomic E-state index is 12.3. The zero-order chi connectivity index (χ0) is 16.7. The van der Waals surface area contributed by atoms with Crippen LogP contribution < -0.4 is 20.1 Å². The van der Waals surface area contributed by atoms with E-state index in [1.807, 2.05) is 12.1 Å². The standard InChI is InChI=1S/C17H21N3O3/c1-4-9-18-16-8-6-13(11-19-16)20-17(21)12-5-7-14(22-2)15(10-12)23-3/h5-8,10-11H,4,9H2,1-3H3,(H,18,19)(H,20,21). The van der Waals surface area contributed by atoms with Crippen molar-refractivity contribution in [2.45, 2.75) is 13.3 Å². The number of pyridine rings is 1. The van der Waals surface area contributed by atoms with Gasteiger partial charge < -0.3 is 20.1 Å². The van der Waals surface area contributed by atoms with Crippen molar-refractivity contribution in [2.24, 2.45) is 0 Å². The molecule has 0 spiro atoms. The first-order valence-electron chi connectivity index (χ1n) is 7.41. The van der Waals surface area contributed by atoms with E-state index in [0.29, 0.717) is 22.7 Å². The molecule has 0 fully saturated rings. The Morgan fingerprint density at radius 1 is 1.13 bits per heavy atom. The third-order valence-corrected chi connectivity index (χ3v) is 3.22. The molecule has 2 N–H and O–H groups in total. The van der Waals surface area contributed by atoms with E-state index in [-0.39, 0.29) is 5.91 Å². The first-order chi connectivity index (χ1) is 11.2. The molecule has 0 saturated heterocycles. The van der Waals surface area contributed by atoms with Crippen LogP contribution in [0.5, 0.6) is 11.5 Å². The van der Waals surface area contributed by atoms with Gasteiger partial charge in [-0.1, -0.05) is 6.92 Å². The Morgan fingerprint density at radius 2 is 1.91 bits per heavy atom. The van der Waals surface area contributed by atoms with Crippen LogP contribution in [0.1, 0.15) is 23.7 Å².